The molecule has 0 saturated heterocycles. The first kappa shape index (κ1) is 11.7. The molecule has 0 bridgehead atoms. The number of ether oxygens (including phenoxy) is 1. The van der Waals surface area contributed by atoms with Crippen molar-refractivity contribution < 1.29 is 4.74 Å². The van der Waals surface area contributed by atoms with Crippen LogP contribution in [0.2, 0.25) is 0 Å². The summed E-state index contributed by atoms with van der Waals surface area (Å²) < 4.78 is 7.57. The van der Waals surface area contributed by atoms with Gasteiger partial charge in [0.05, 0.1) is 19.3 Å². The highest BCUT2D eigenvalue weighted by Gasteiger charge is 2.11. The summed E-state index contributed by atoms with van der Waals surface area (Å²) in [6.45, 7) is 0.515. The van der Waals surface area contributed by atoms with E-state index in [0.717, 1.165) is 5.69 Å². The molecule has 19 heavy (non-hydrogen) atoms. The summed E-state index contributed by atoms with van der Waals surface area (Å²) in [4.78, 5) is 19.4. The summed E-state index contributed by atoms with van der Waals surface area (Å²) in [7, 11) is 1.56. The molecule has 0 aliphatic carbocycles. The Morgan fingerprint density at radius 2 is 2.21 bits per heavy atom. The zero-order valence-corrected chi connectivity index (χ0v) is 10.9. The molecule has 0 saturated carbocycles. The van der Waals surface area contributed by atoms with Crippen molar-refractivity contribution in [1.82, 2.24) is 29.5 Å². The monoisotopic (exact) mass is 274 g/mol. The third-order valence-corrected chi connectivity index (χ3v) is 3.00. The molecule has 3 aromatic heterocycles. The fourth-order valence-corrected chi connectivity index (χ4v) is 2.07. The van der Waals surface area contributed by atoms with Crippen molar-refractivity contribution in [3.63, 3.8) is 0 Å². The number of hydrogen-bond donors (Lipinski definition) is 1. The number of methoxy groups -OCH3 is 1. The van der Waals surface area contributed by atoms with Gasteiger partial charge in [-0.2, -0.15) is 4.98 Å². The van der Waals surface area contributed by atoms with E-state index in [2.05, 4.69) is 24.9 Å². The molecule has 0 aromatic carbocycles. The Morgan fingerprint density at radius 1 is 1.32 bits per heavy atom. The third-order valence-electron chi connectivity index (χ3n) is 2.68. The highest BCUT2D eigenvalue weighted by molar-refractivity contribution is 7.71. The van der Waals surface area contributed by atoms with Gasteiger partial charge in [0.15, 0.2) is 10.4 Å². The van der Waals surface area contributed by atoms with Crippen molar-refractivity contribution in [2.24, 2.45) is 0 Å². The zero-order chi connectivity index (χ0) is 13.2. The molecule has 7 nitrogen and oxygen atoms in total. The Hall–Kier alpha value is -2.35. The lowest BCUT2D eigenvalue weighted by Gasteiger charge is -2.03. The van der Waals surface area contributed by atoms with E-state index in [-0.39, 0.29) is 0 Å². The van der Waals surface area contributed by atoms with E-state index in [4.69, 9.17) is 17.0 Å². The van der Waals surface area contributed by atoms with E-state index in [1.54, 1.807) is 13.3 Å². The Morgan fingerprint density at radius 3 is 2.95 bits per heavy atom. The molecule has 0 aliphatic rings. The van der Waals surface area contributed by atoms with Crippen molar-refractivity contribution >= 4 is 23.4 Å². The summed E-state index contributed by atoms with van der Waals surface area (Å²) in [5.41, 5.74) is 2.23. The topological polar surface area (TPSA) is 81.5 Å². The minimum atomic E-state index is 0.470. The van der Waals surface area contributed by atoms with Gasteiger partial charge in [-0.05, 0) is 18.3 Å². The SMILES string of the molecule is COc1ncnc2c1[nH]c(=S)n2Cc1ccncn1. The van der Waals surface area contributed by atoms with Crippen LogP contribution in [-0.2, 0) is 6.54 Å². The first-order valence-corrected chi connectivity index (χ1v) is 5.93. The van der Waals surface area contributed by atoms with Crippen molar-refractivity contribution in [3.8, 4) is 5.88 Å². The second-order valence-corrected chi connectivity index (χ2v) is 4.19. The van der Waals surface area contributed by atoms with Crippen LogP contribution in [0.5, 0.6) is 5.88 Å². The Kier molecular flexibility index (Phi) is 2.92. The Bertz CT molecular complexity index is 766. The maximum Gasteiger partial charge on any atom is 0.242 e. The summed E-state index contributed by atoms with van der Waals surface area (Å²) in [6, 6.07) is 1.83. The van der Waals surface area contributed by atoms with Gasteiger partial charge in [-0.1, -0.05) is 0 Å². The number of aromatic amines is 1. The third kappa shape index (κ3) is 2.06. The first-order valence-electron chi connectivity index (χ1n) is 5.52. The number of H-pyrrole nitrogens is 1. The van der Waals surface area contributed by atoms with Crippen LogP contribution < -0.4 is 4.74 Å². The molecule has 3 heterocycles. The van der Waals surface area contributed by atoms with Crippen LogP contribution in [0, 0.1) is 4.77 Å². The lowest BCUT2D eigenvalue weighted by molar-refractivity contribution is 0.401. The molecule has 0 atom stereocenters. The van der Waals surface area contributed by atoms with Crippen LogP contribution in [0.25, 0.3) is 11.2 Å². The zero-order valence-electron chi connectivity index (χ0n) is 10.1. The molecule has 0 unspecified atom stereocenters. The lowest BCUT2D eigenvalue weighted by atomic mass is 10.4. The summed E-state index contributed by atoms with van der Waals surface area (Å²) in [5, 5.41) is 0. The molecular formula is C11H10N6OS. The van der Waals surface area contributed by atoms with E-state index in [1.807, 2.05) is 10.6 Å². The summed E-state index contributed by atoms with van der Waals surface area (Å²) in [6.07, 6.45) is 4.64. The van der Waals surface area contributed by atoms with Gasteiger partial charge in [0.1, 0.15) is 18.2 Å². The van der Waals surface area contributed by atoms with Crippen molar-refractivity contribution in [2.45, 2.75) is 6.54 Å². The Balaban J connectivity index is 2.14. The minimum Gasteiger partial charge on any atom is -0.479 e. The molecule has 3 aromatic rings. The Labute approximate surface area is 113 Å². The second kappa shape index (κ2) is 4.73. The number of imidazole rings is 1. The van der Waals surface area contributed by atoms with Gasteiger partial charge < -0.3 is 9.72 Å². The maximum atomic E-state index is 5.30. The van der Waals surface area contributed by atoms with Gasteiger partial charge in [-0.15, -0.1) is 0 Å². The molecule has 0 aliphatic heterocycles. The number of nitrogens with zero attached hydrogens (tertiary/aromatic N) is 5. The number of aromatic nitrogens is 6. The van der Waals surface area contributed by atoms with Gasteiger partial charge in [-0.25, -0.2) is 15.0 Å². The average Bonchev–Trinajstić information content (AvgIpc) is 2.76. The minimum absolute atomic E-state index is 0.470. The lowest BCUT2D eigenvalue weighted by Crippen LogP contribution is -2.03. The van der Waals surface area contributed by atoms with Crippen LogP contribution in [0.1, 0.15) is 5.69 Å². The molecule has 96 valence electrons. The quantitative estimate of drug-likeness (QED) is 0.726. The van der Waals surface area contributed by atoms with Gasteiger partial charge in [0.25, 0.3) is 0 Å². The molecule has 0 amide bonds. The van der Waals surface area contributed by atoms with E-state index in [1.165, 1.54) is 12.7 Å². The predicted molar refractivity (Wildman–Crippen MR) is 70.4 cm³/mol. The molecule has 0 radical (unpaired) electrons. The highest BCUT2D eigenvalue weighted by Crippen LogP contribution is 2.20. The highest BCUT2D eigenvalue weighted by atomic mass is 32.1. The van der Waals surface area contributed by atoms with Gasteiger partial charge in [0, 0.05) is 6.20 Å². The molecule has 1 N–H and O–H groups in total. The molecule has 0 fully saturated rings. The standard InChI is InChI=1S/C11H10N6OS/c1-18-10-8-9(14-6-15-10)17(11(19)16-8)4-7-2-3-12-5-13-7/h2-3,5-6H,4H2,1H3,(H,16,19). The largest absolute Gasteiger partial charge is 0.479 e. The normalized spacial score (nSPS) is 10.8. The van der Waals surface area contributed by atoms with Gasteiger partial charge in [-0.3, -0.25) is 4.57 Å². The van der Waals surface area contributed by atoms with Crippen LogP contribution in [0.4, 0.5) is 0 Å². The number of hydrogen-bond acceptors (Lipinski definition) is 6. The fourth-order valence-electron chi connectivity index (χ4n) is 1.82. The molecule has 0 spiro atoms. The van der Waals surface area contributed by atoms with Crippen LogP contribution >= 0.6 is 12.2 Å². The molecule has 8 heteroatoms. The van der Waals surface area contributed by atoms with E-state index >= 15 is 0 Å². The number of rotatable bonds is 3. The van der Waals surface area contributed by atoms with E-state index < -0.39 is 0 Å². The van der Waals surface area contributed by atoms with Gasteiger partial charge in [0.2, 0.25) is 5.88 Å². The van der Waals surface area contributed by atoms with Crippen LogP contribution in [-0.4, -0.2) is 36.6 Å². The maximum absolute atomic E-state index is 5.30. The van der Waals surface area contributed by atoms with Crippen LogP contribution in [0.15, 0.2) is 24.9 Å². The predicted octanol–water partition coefficient (Wildman–Crippen LogP) is 1.34. The molecular weight excluding hydrogens is 264 g/mol. The van der Waals surface area contributed by atoms with Crippen molar-refractivity contribution in [2.75, 3.05) is 7.11 Å². The average molecular weight is 274 g/mol. The number of nitrogens with one attached hydrogen (secondary N) is 1. The smallest absolute Gasteiger partial charge is 0.242 e. The van der Waals surface area contributed by atoms with Crippen LogP contribution in [0.3, 0.4) is 0 Å². The summed E-state index contributed by atoms with van der Waals surface area (Å²) in [5.74, 6) is 0.470. The van der Waals surface area contributed by atoms with Crippen molar-refractivity contribution in [3.05, 3.63) is 35.4 Å². The van der Waals surface area contributed by atoms with Gasteiger partial charge >= 0.3 is 0 Å². The number of fused-ring (bicyclic) bond motifs is 1. The molecule has 3 rings (SSSR count). The second-order valence-electron chi connectivity index (χ2n) is 3.80. The summed E-state index contributed by atoms with van der Waals surface area (Å²) >= 11 is 5.30. The van der Waals surface area contributed by atoms with E-state index in [0.29, 0.717) is 28.4 Å². The van der Waals surface area contributed by atoms with E-state index in [9.17, 15) is 0 Å². The first-order chi connectivity index (χ1) is 9.29. The fraction of sp³-hybridized carbons (Fsp3) is 0.182. The van der Waals surface area contributed by atoms with Crippen molar-refractivity contribution in [1.29, 1.82) is 0 Å².